The lowest BCUT2D eigenvalue weighted by molar-refractivity contribution is -0.128. The van der Waals surface area contributed by atoms with Crippen molar-refractivity contribution >= 4 is 17.5 Å². The Morgan fingerprint density at radius 2 is 2.11 bits per heavy atom. The Labute approximate surface area is 113 Å². The number of nitrogens with one attached hydrogen (secondary N) is 1. The van der Waals surface area contributed by atoms with Crippen molar-refractivity contribution in [2.24, 2.45) is 0 Å². The maximum atomic E-state index is 12.2. The average molecular weight is 260 g/mol. The second-order valence-electron chi connectivity index (χ2n) is 5.00. The summed E-state index contributed by atoms with van der Waals surface area (Å²) in [4.78, 5) is 25.5. The second-order valence-corrected chi connectivity index (χ2v) is 5.00. The molecule has 1 fully saturated rings. The van der Waals surface area contributed by atoms with Crippen LogP contribution in [0.25, 0.3) is 0 Å². The molecule has 0 spiro atoms. The van der Waals surface area contributed by atoms with Crippen molar-refractivity contribution in [3.63, 3.8) is 0 Å². The first-order chi connectivity index (χ1) is 9.10. The van der Waals surface area contributed by atoms with Crippen LogP contribution in [0.15, 0.2) is 24.3 Å². The minimum atomic E-state index is -0.168. The summed E-state index contributed by atoms with van der Waals surface area (Å²) in [6.07, 6.45) is 2.00. The zero-order valence-corrected chi connectivity index (χ0v) is 11.5. The lowest BCUT2D eigenvalue weighted by Gasteiger charge is -2.21. The number of hydrogen-bond acceptors (Lipinski definition) is 2. The summed E-state index contributed by atoms with van der Waals surface area (Å²) in [6.45, 7) is 4.47. The highest BCUT2D eigenvalue weighted by atomic mass is 16.2. The van der Waals surface area contributed by atoms with Crippen molar-refractivity contribution in [3.8, 4) is 0 Å². The van der Waals surface area contributed by atoms with Gasteiger partial charge in [-0.2, -0.15) is 0 Å². The number of benzene rings is 1. The van der Waals surface area contributed by atoms with E-state index in [0.717, 1.165) is 24.1 Å². The van der Waals surface area contributed by atoms with Crippen LogP contribution >= 0.6 is 0 Å². The highest BCUT2D eigenvalue weighted by molar-refractivity contribution is 6.05. The van der Waals surface area contributed by atoms with Gasteiger partial charge in [-0.1, -0.05) is 12.1 Å². The first-order valence-corrected chi connectivity index (χ1v) is 6.76. The Kier molecular flexibility index (Phi) is 4.20. The normalized spacial score (nSPS) is 14.0. The van der Waals surface area contributed by atoms with Gasteiger partial charge in [-0.25, -0.2) is 0 Å². The molecular formula is C15H20N2O2. The smallest absolute Gasteiger partial charge is 0.236 e. The Morgan fingerprint density at radius 3 is 2.68 bits per heavy atom. The van der Waals surface area contributed by atoms with Gasteiger partial charge in [0.2, 0.25) is 11.8 Å². The molecule has 0 radical (unpaired) electrons. The van der Waals surface area contributed by atoms with Crippen molar-refractivity contribution in [3.05, 3.63) is 29.8 Å². The van der Waals surface area contributed by atoms with Crippen LogP contribution in [-0.4, -0.2) is 24.4 Å². The van der Waals surface area contributed by atoms with E-state index in [1.807, 2.05) is 38.1 Å². The van der Waals surface area contributed by atoms with Gasteiger partial charge in [-0.3, -0.25) is 9.59 Å². The van der Waals surface area contributed by atoms with Gasteiger partial charge in [0.1, 0.15) is 6.42 Å². The maximum absolute atomic E-state index is 12.2. The fraction of sp³-hybridized carbons (Fsp3) is 0.467. The maximum Gasteiger partial charge on any atom is 0.236 e. The molecule has 1 aliphatic carbocycles. The molecule has 0 unspecified atom stereocenters. The molecule has 1 saturated carbocycles. The monoisotopic (exact) mass is 260 g/mol. The second kappa shape index (κ2) is 5.87. The molecule has 1 aromatic carbocycles. The van der Waals surface area contributed by atoms with Gasteiger partial charge in [-0.15, -0.1) is 0 Å². The molecule has 0 bridgehead atoms. The first-order valence-electron chi connectivity index (χ1n) is 6.76. The minimum absolute atomic E-state index is 0.0711. The molecule has 0 aliphatic heterocycles. The van der Waals surface area contributed by atoms with E-state index in [-0.39, 0.29) is 18.2 Å². The summed E-state index contributed by atoms with van der Waals surface area (Å²) in [5, 5.41) is 2.84. The molecule has 4 nitrogen and oxygen atoms in total. The summed E-state index contributed by atoms with van der Waals surface area (Å²) in [5.41, 5.74) is 1.96. The molecule has 4 heteroatoms. The molecule has 19 heavy (non-hydrogen) atoms. The van der Waals surface area contributed by atoms with Crippen molar-refractivity contribution in [1.82, 2.24) is 5.32 Å². The fourth-order valence-corrected chi connectivity index (χ4v) is 2.04. The Bertz CT molecular complexity index is 481. The van der Waals surface area contributed by atoms with E-state index in [0.29, 0.717) is 12.6 Å². The Morgan fingerprint density at radius 1 is 1.37 bits per heavy atom. The molecule has 1 N–H and O–H groups in total. The highest BCUT2D eigenvalue weighted by Crippen LogP contribution is 2.19. The van der Waals surface area contributed by atoms with E-state index in [1.54, 1.807) is 4.90 Å². The van der Waals surface area contributed by atoms with E-state index >= 15 is 0 Å². The van der Waals surface area contributed by atoms with E-state index in [1.165, 1.54) is 0 Å². The molecule has 0 heterocycles. The van der Waals surface area contributed by atoms with Crippen molar-refractivity contribution in [2.45, 2.75) is 39.2 Å². The molecule has 2 amide bonds. The van der Waals surface area contributed by atoms with Crippen LogP contribution in [0.3, 0.4) is 0 Å². The molecule has 102 valence electrons. The van der Waals surface area contributed by atoms with Crippen LogP contribution in [0, 0.1) is 6.92 Å². The molecule has 1 aliphatic rings. The SMILES string of the molecule is CCN(C(=O)CC(=O)NC1CC1)c1cccc(C)c1. The Balaban J connectivity index is 1.99. The number of nitrogens with zero attached hydrogens (tertiary/aromatic N) is 1. The highest BCUT2D eigenvalue weighted by Gasteiger charge is 2.25. The van der Waals surface area contributed by atoms with E-state index in [9.17, 15) is 9.59 Å². The van der Waals surface area contributed by atoms with E-state index < -0.39 is 0 Å². The number of carbonyl (C=O) groups is 2. The number of rotatable bonds is 5. The summed E-state index contributed by atoms with van der Waals surface area (Å²) in [7, 11) is 0. The minimum Gasteiger partial charge on any atom is -0.353 e. The summed E-state index contributed by atoms with van der Waals surface area (Å²) in [6, 6.07) is 8.06. The largest absolute Gasteiger partial charge is 0.353 e. The molecule has 0 atom stereocenters. The lowest BCUT2D eigenvalue weighted by atomic mass is 10.2. The van der Waals surface area contributed by atoms with Crippen LogP contribution in [0.4, 0.5) is 5.69 Å². The summed E-state index contributed by atoms with van der Waals surface area (Å²) >= 11 is 0. The standard InChI is InChI=1S/C15H20N2O2/c1-3-17(13-6-4-5-11(2)9-13)15(19)10-14(18)16-12-7-8-12/h4-6,9,12H,3,7-8,10H2,1-2H3,(H,16,18). The Hall–Kier alpha value is -1.84. The van der Waals surface area contributed by atoms with Gasteiger partial charge in [0, 0.05) is 18.3 Å². The number of anilines is 1. The predicted molar refractivity (Wildman–Crippen MR) is 75.0 cm³/mol. The summed E-state index contributed by atoms with van der Waals surface area (Å²) in [5.74, 6) is -0.315. The summed E-state index contributed by atoms with van der Waals surface area (Å²) < 4.78 is 0. The number of amides is 2. The molecule has 2 rings (SSSR count). The van der Waals surface area contributed by atoms with Crippen molar-refractivity contribution < 1.29 is 9.59 Å². The van der Waals surface area contributed by atoms with Gasteiger partial charge < -0.3 is 10.2 Å². The van der Waals surface area contributed by atoms with Crippen molar-refractivity contribution in [1.29, 1.82) is 0 Å². The third-order valence-corrected chi connectivity index (χ3v) is 3.18. The molecule has 0 saturated heterocycles. The topological polar surface area (TPSA) is 49.4 Å². The average Bonchev–Trinajstić information content (AvgIpc) is 3.13. The van der Waals surface area contributed by atoms with Crippen LogP contribution in [0.1, 0.15) is 31.7 Å². The van der Waals surface area contributed by atoms with E-state index in [4.69, 9.17) is 0 Å². The number of hydrogen-bond donors (Lipinski definition) is 1. The zero-order chi connectivity index (χ0) is 13.8. The predicted octanol–water partition coefficient (Wildman–Crippen LogP) is 2.02. The fourth-order valence-electron chi connectivity index (χ4n) is 2.04. The van der Waals surface area contributed by atoms with Gasteiger partial charge in [0.15, 0.2) is 0 Å². The van der Waals surface area contributed by atoms with Crippen LogP contribution < -0.4 is 10.2 Å². The van der Waals surface area contributed by atoms with Gasteiger partial charge in [-0.05, 0) is 44.4 Å². The quantitative estimate of drug-likeness (QED) is 0.823. The lowest BCUT2D eigenvalue weighted by Crippen LogP contribution is -2.36. The van der Waals surface area contributed by atoms with Gasteiger partial charge >= 0.3 is 0 Å². The van der Waals surface area contributed by atoms with Crippen molar-refractivity contribution in [2.75, 3.05) is 11.4 Å². The number of carbonyl (C=O) groups excluding carboxylic acids is 2. The molecule has 1 aromatic rings. The third-order valence-electron chi connectivity index (χ3n) is 3.18. The van der Waals surface area contributed by atoms with Gasteiger partial charge in [0.25, 0.3) is 0 Å². The number of aryl methyl sites for hydroxylation is 1. The van der Waals surface area contributed by atoms with Crippen LogP contribution in [-0.2, 0) is 9.59 Å². The first kappa shape index (κ1) is 13.6. The molecule has 0 aromatic heterocycles. The zero-order valence-electron chi connectivity index (χ0n) is 11.5. The third kappa shape index (κ3) is 3.81. The van der Waals surface area contributed by atoms with E-state index in [2.05, 4.69) is 5.32 Å². The van der Waals surface area contributed by atoms with Gasteiger partial charge in [0.05, 0.1) is 0 Å². The molecular weight excluding hydrogens is 240 g/mol. The van der Waals surface area contributed by atoms with Crippen LogP contribution in [0.5, 0.6) is 0 Å². The van der Waals surface area contributed by atoms with Crippen LogP contribution in [0.2, 0.25) is 0 Å².